The predicted molar refractivity (Wildman–Crippen MR) is 72.1 cm³/mol. The zero-order valence-corrected chi connectivity index (χ0v) is 11.1. The van der Waals surface area contributed by atoms with E-state index in [1.165, 1.54) is 11.0 Å². The predicted octanol–water partition coefficient (Wildman–Crippen LogP) is 1.84. The molecule has 20 heavy (non-hydrogen) atoms. The van der Waals surface area contributed by atoms with Gasteiger partial charge in [-0.15, -0.1) is 0 Å². The van der Waals surface area contributed by atoms with Gasteiger partial charge in [0.2, 0.25) is 5.91 Å². The molecule has 1 heterocycles. The molecule has 7 heteroatoms. The molecule has 1 aromatic carbocycles. The standard InChI is InChI=1S/C13H16FN3O3/c1-2-15-12-4-3-5-16(13(12)18)10-6-9(14)7-11(8-10)17(19)20/h6-8,12,15H,2-5H2,1H3. The van der Waals surface area contributed by atoms with Crippen LogP contribution in [0.5, 0.6) is 0 Å². The van der Waals surface area contributed by atoms with Crippen molar-refractivity contribution < 1.29 is 14.1 Å². The summed E-state index contributed by atoms with van der Waals surface area (Å²) >= 11 is 0. The Balaban J connectivity index is 2.30. The van der Waals surface area contributed by atoms with Crippen LogP contribution in [0.3, 0.4) is 0 Å². The van der Waals surface area contributed by atoms with E-state index in [2.05, 4.69) is 5.32 Å². The Morgan fingerprint density at radius 1 is 1.50 bits per heavy atom. The highest BCUT2D eigenvalue weighted by Gasteiger charge is 2.30. The van der Waals surface area contributed by atoms with Crippen molar-refractivity contribution in [1.29, 1.82) is 0 Å². The van der Waals surface area contributed by atoms with Crippen molar-refractivity contribution in [1.82, 2.24) is 5.32 Å². The van der Waals surface area contributed by atoms with Gasteiger partial charge in [-0.1, -0.05) is 6.92 Å². The lowest BCUT2D eigenvalue weighted by molar-refractivity contribution is -0.385. The molecule has 1 atom stereocenters. The van der Waals surface area contributed by atoms with E-state index in [1.807, 2.05) is 6.92 Å². The fraction of sp³-hybridized carbons (Fsp3) is 0.462. The minimum absolute atomic E-state index is 0.169. The first kappa shape index (κ1) is 14.4. The number of nitro groups is 1. The van der Waals surface area contributed by atoms with Crippen LogP contribution < -0.4 is 10.2 Å². The second-order valence-electron chi connectivity index (χ2n) is 4.67. The van der Waals surface area contributed by atoms with Crippen LogP contribution in [0.25, 0.3) is 0 Å². The Morgan fingerprint density at radius 2 is 2.25 bits per heavy atom. The molecule has 1 fully saturated rings. The number of benzene rings is 1. The summed E-state index contributed by atoms with van der Waals surface area (Å²) in [6, 6.07) is 2.92. The van der Waals surface area contributed by atoms with Crippen LogP contribution in [0.15, 0.2) is 18.2 Å². The number of likely N-dealkylation sites (N-methyl/N-ethyl adjacent to an activating group) is 1. The van der Waals surface area contributed by atoms with E-state index < -0.39 is 10.7 Å². The third-order valence-corrected chi connectivity index (χ3v) is 3.28. The monoisotopic (exact) mass is 281 g/mol. The van der Waals surface area contributed by atoms with E-state index in [4.69, 9.17) is 0 Å². The van der Waals surface area contributed by atoms with Gasteiger partial charge in [0.25, 0.3) is 5.69 Å². The Bertz CT molecular complexity index is 534. The average Bonchev–Trinajstić information content (AvgIpc) is 2.40. The lowest BCUT2D eigenvalue weighted by Crippen LogP contribution is -2.50. The first-order valence-electron chi connectivity index (χ1n) is 6.52. The highest BCUT2D eigenvalue weighted by Crippen LogP contribution is 2.26. The SMILES string of the molecule is CCNC1CCCN(c2cc(F)cc([N+](=O)[O-])c2)C1=O. The average molecular weight is 281 g/mol. The molecular weight excluding hydrogens is 265 g/mol. The molecule has 1 aliphatic heterocycles. The number of piperidine rings is 1. The molecule has 0 bridgehead atoms. The fourth-order valence-corrected chi connectivity index (χ4v) is 2.39. The minimum atomic E-state index is -0.715. The molecule has 1 unspecified atom stereocenters. The molecule has 0 spiro atoms. The van der Waals surface area contributed by atoms with Gasteiger partial charge in [-0.2, -0.15) is 0 Å². The van der Waals surface area contributed by atoms with Crippen LogP contribution >= 0.6 is 0 Å². The van der Waals surface area contributed by atoms with Crippen LogP contribution in [-0.4, -0.2) is 30.0 Å². The van der Waals surface area contributed by atoms with Gasteiger partial charge in [-0.25, -0.2) is 4.39 Å². The Morgan fingerprint density at radius 3 is 2.90 bits per heavy atom. The number of amides is 1. The topological polar surface area (TPSA) is 75.5 Å². The molecule has 1 aliphatic rings. The van der Waals surface area contributed by atoms with Gasteiger partial charge in [-0.05, 0) is 25.5 Å². The van der Waals surface area contributed by atoms with Crippen LogP contribution in [0, 0.1) is 15.9 Å². The van der Waals surface area contributed by atoms with E-state index in [1.54, 1.807) is 0 Å². The lowest BCUT2D eigenvalue weighted by Gasteiger charge is -2.32. The molecule has 0 aliphatic carbocycles. The summed E-state index contributed by atoms with van der Waals surface area (Å²) in [5, 5.41) is 13.8. The number of halogens is 1. The smallest absolute Gasteiger partial charge is 0.274 e. The first-order chi connectivity index (χ1) is 9.52. The first-order valence-corrected chi connectivity index (χ1v) is 6.52. The summed E-state index contributed by atoms with van der Waals surface area (Å²) in [5.74, 6) is -0.884. The number of anilines is 1. The van der Waals surface area contributed by atoms with Crippen molar-refractivity contribution in [3.05, 3.63) is 34.1 Å². The number of hydrogen-bond acceptors (Lipinski definition) is 4. The molecule has 1 saturated heterocycles. The van der Waals surface area contributed by atoms with Gasteiger partial charge in [0.05, 0.1) is 22.7 Å². The van der Waals surface area contributed by atoms with Crippen LogP contribution in [-0.2, 0) is 4.79 Å². The Kier molecular flexibility index (Phi) is 4.29. The molecule has 108 valence electrons. The number of hydrogen-bond donors (Lipinski definition) is 1. The summed E-state index contributed by atoms with van der Waals surface area (Å²) in [6.45, 7) is 3.01. The summed E-state index contributed by atoms with van der Waals surface area (Å²) in [5.41, 5.74) is -0.109. The van der Waals surface area contributed by atoms with Crippen molar-refractivity contribution >= 4 is 17.3 Å². The van der Waals surface area contributed by atoms with Crippen LogP contribution in [0.1, 0.15) is 19.8 Å². The number of nitrogens with one attached hydrogen (secondary N) is 1. The highest BCUT2D eigenvalue weighted by atomic mass is 19.1. The third-order valence-electron chi connectivity index (χ3n) is 3.28. The molecule has 1 N–H and O–H groups in total. The number of non-ortho nitro benzene ring substituents is 1. The largest absolute Gasteiger partial charge is 0.311 e. The van der Waals surface area contributed by atoms with Gasteiger partial charge in [0.15, 0.2) is 0 Å². The number of carbonyl (C=O) groups is 1. The van der Waals surface area contributed by atoms with E-state index in [0.29, 0.717) is 13.1 Å². The number of nitro benzene ring substituents is 1. The third kappa shape index (κ3) is 2.93. The normalized spacial score (nSPS) is 19.2. The van der Waals surface area contributed by atoms with Gasteiger partial charge >= 0.3 is 0 Å². The summed E-state index contributed by atoms with van der Waals surface area (Å²) < 4.78 is 13.5. The summed E-state index contributed by atoms with van der Waals surface area (Å²) in [7, 11) is 0. The van der Waals surface area contributed by atoms with Gasteiger partial charge in [0, 0.05) is 12.6 Å². The van der Waals surface area contributed by atoms with Gasteiger partial charge in [-0.3, -0.25) is 14.9 Å². The molecule has 0 aromatic heterocycles. The molecule has 1 aromatic rings. The maximum Gasteiger partial charge on any atom is 0.274 e. The van der Waals surface area contributed by atoms with Crippen LogP contribution in [0.4, 0.5) is 15.8 Å². The van der Waals surface area contributed by atoms with Gasteiger partial charge < -0.3 is 10.2 Å². The van der Waals surface area contributed by atoms with E-state index in [0.717, 1.165) is 25.0 Å². The molecule has 0 saturated carbocycles. The highest BCUT2D eigenvalue weighted by molar-refractivity contribution is 5.98. The van der Waals surface area contributed by atoms with E-state index >= 15 is 0 Å². The maximum absolute atomic E-state index is 13.5. The Labute approximate surface area is 115 Å². The van der Waals surface area contributed by atoms with E-state index in [-0.39, 0.29) is 23.3 Å². The lowest BCUT2D eigenvalue weighted by atomic mass is 10.0. The number of rotatable bonds is 4. The molecule has 2 rings (SSSR count). The minimum Gasteiger partial charge on any atom is -0.311 e. The zero-order chi connectivity index (χ0) is 14.7. The van der Waals surface area contributed by atoms with Gasteiger partial charge in [0.1, 0.15) is 5.82 Å². The van der Waals surface area contributed by atoms with Crippen molar-refractivity contribution in [3.63, 3.8) is 0 Å². The van der Waals surface area contributed by atoms with Crippen molar-refractivity contribution in [3.8, 4) is 0 Å². The molecule has 6 nitrogen and oxygen atoms in total. The second kappa shape index (κ2) is 5.96. The summed E-state index contributed by atoms with van der Waals surface area (Å²) in [4.78, 5) is 23.8. The number of nitrogens with zero attached hydrogens (tertiary/aromatic N) is 2. The summed E-state index contributed by atoms with van der Waals surface area (Å²) in [6.07, 6.45) is 1.49. The quantitative estimate of drug-likeness (QED) is 0.675. The fourth-order valence-electron chi connectivity index (χ4n) is 2.39. The van der Waals surface area contributed by atoms with E-state index in [9.17, 15) is 19.3 Å². The molecule has 0 radical (unpaired) electrons. The second-order valence-corrected chi connectivity index (χ2v) is 4.67. The van der Waals surface area contributed by atoms with Crippen LogP contribution in [0.2, 0.25) is 0 Å². The van der Waals surface area contributed by atoms with Crippen molar-refractivity contribution in [2.24, 2.45) is 0 Å². The van der Waals surface area contributed by atoms with Crippen molar-refractivity contribution in [2.75, 3.05) is 18.0 Å². The molecule has 1 amide bonds. The maximum atomic E-state index is 13.5. The Hall–Kier alpha value is -2.02. The molecular formula is C13H16FN3O3. The van der Waals surface area contributed by atoms with Crippen molar-refractivity contribution in [2.45, 2.75) is 25.8 Å². The zero-order valence-electron chi connectivity index (χ0n) is 11.1. The number of carbonyl (C=O) groups excluding carboxylic acids is 1.